The Morgan fingerprint density at radius 2 is 1.77 bits per heavy atom. The average Bonchev–Trinajstić information content (AvgIpc) is 2.48. The molecule has 0 radical (unpaired) electrons. The summed E-state index contributed by atoms with van der Waals surface area (Å²) in [6.45, 7) is 5.52. The molecule has 2 N–H and O–H groups in total. The predicted molar refractivity (Wildman–Crippen MR) is 86.5 cm³/mol. The Balaban J connectivity index is 2.08. The maximum atomic E-state index is 11.6. The molecular weight excluding hydrogens is 280 g/mol. The van der Waals surface area contributed by atoms with E-state index in [9.17, 15) is 4.79 Å². The van der Waals surface area contributed by atoms with Crippen molar-refractivity contribution in [2.24, 2.45) is 5.92 Å². The summed E-state index contributed by atoms with van der Waals surface area (Å²) in [5.41, 5.74) is 1.63. The van der Waals surface area contributed by atoms with E-state index in [-0.39, 0.29) is 11.8 Å². The van der Waals surface area contributed by atoms with Crippen LogP contribution in [0.1, 0.15) is 19.7 Å². The molecule has 0 aliphatic rings. The zero-order valence-electron chi connectivity index (χ0n) is 13.2. The van der Waals surface area contributed by atoms with Gasteiger partial charge in [-0.05, 0) is 31.2 Å². The van der Waals surface area contributed by atoms with Gasteiger partial charge in [0.1, 0.15) is 11.6 Å². The van der Waals surface area contributed by atoms with Crippen LogP contribution < -0.4 is 15.4 Å². The van der Waals surface area contributed by atoms with Gasteiger partial charge in [0.2, 0.25) is 11.8 Å². The minimum atomic E-state index is -0.0470. The van der Waals surface area contributed by atoms with Crippen molar-refractivity contribution >= 4 is 23.1 Å². The van der Waals surface area contributed by atoms with Gasteiger partial charge in [0, 0.05) is 23.4 Å². The molecule has 0 fully saturated rings. The fourth-order valence-corrected chi connectivity index (χ4v) is 1.78. The van der Waals surface area contributed by atoms with Gasteiger partial charge in [0.05, 0.1) is 7.11 Å². The van der Waals surface area contributed by atoms with E-state index in [0.29, 0.717) is 17.5 Å². The van der Waals surface area contributed by atoms with Crippen molar-refractivity contribution in [3.8, 4) is 5.88 Å². The SMILES string of the molecule is COc1cc(Nc2ccc(NC(=O)C(C)C)cc2)nc(C)n1. The van der Waals surface area contributed by atoms with E-state index >= 15 is 0 Å². The summed E-state index contributed by atoms with van der Waals surface area (Å²) in [6, 6.07) is 9.16. The highest BCUT2D eigenvalue weighted by atomic mass is 16.5. The Morgan fingerprint density at radius 1 is 1.14 bits per heavy atom. The molecule has 0 atom stereocenters. The lowest BCUT2D eigenvalue weighted by atomic mass is 10.2. The molecule has 2 rings (SSSR count). The monoisotopic (exact) mass is 300 g/mol. The molecule has 0 spiro atoms. The van der Waals surface area contributed by atoms with E-state index < -0.39 is 0 Å². The maximum Gasteiger partial charge on any atom is 0.226 e. The third-order valence-corrected chi connectivity index (χ3v) is 2.97. The smallest absolute Gasteiger partial charge is 0.226 e. The van der Waals surface area contributed by atoms with Gasteiger partial charge < -0.3 is 15.4 Å². The molecule has 1 heterocycles. The van der Waals surface area contributed by atoms with E-state index in [0.717, 1.165) is 11.4 Å². The van der Waals surface area contributed by atoms with Crippen molar-refractivity contribution in [2.45, 2.75) is 20.8 Å². The highest BCUT2D eigenvalue weighted by molar-refractivity contribution is 5.92. The first-order valence-electron chi connectivity index (χ1n) is 7.05. The Morgan fingerprint density at radius 3 is 2.36 bits per heavy atom. The Labute approximate surface area is 129 Å². The van der Waals surface area contributed by atoms with Crippen molar-refractivity contribution in [3.63, 3.8) is 0 Å². The molecule has 0 saturated heterocycles. The average molecular weight is 300 g/mol. The van der Waals surface area contributed by atoms with Crippen LogP contribution in [0.2, 0.25) is 0 Å². The van der Waals surface area contributed by atoms with Gasteiger partial charge in [-0.25, -0.2) is 4.98 Å². The molecule has 0 unspecified atom stereocenters. The van der Waals surface area contributed by atoms with Crippen molar-refractivity contribution in [1.29, 1.82) is 0 Å². The van der Waals surface area contributed by atoms with Crippen LogP contribution in [0.4, 0.5) is 17.2 Å². The van der Waals surface area contributed by atoms with Crippen LogP contribution in [0.15, 0.2) is 30.3 Å². The molecule has 116 valence electrons. The molecule has 1 aromatic heterocycles. The minimum absolute atomic E-state index is 0.00290. The van der Waals surface area contributed by atoms with Gasteiger partial charge in [-0.3, -0.25) is 4.79 Å². The number of nitrogens with one attached hydrogen (secondary N) is 2. The number of amides is 1. The lowest BCUT2D eigenvalue weighted by Crippen LogP contribution is -2.17. The fraction of sp³-hybridized carbons (Fsp3) is 0.312. The Kier molecular flexibility index (Phi) is 4.93. The number of carbonyl (C=O) groups is 1. The van der Waals surface area contributed by atoms with Crippen molar-refractivity contribution in [1.82, 2.24) is 9.97 Å². The molecule has 0 saturated carbocycles. The number of nitrogens with zero attached hydrogens (tertiary/aromatic N) is 2. The number of benzene rings is 1. The first kappa shape index (κ1) is 15.8. The second-order valence-electron chi connectivity index (χ2n) is 5.19. The fourth-order valence-electron chi connectivity index (χ4n) is 1.78. The highest BCUT2D eigenvalue weighted by Crippen LogP contribution is 2.20. The number of carbonyl (C=O) groups excluding carboxylic acids is 1. The van der Waals surface area contributed by atoms with E-state index in [2.05, 4.69) is 20.6 Å². The number of methoxy groups -OCH3 is 1. The predicted octanol–water partition coefficient (Wildman–Crippen LogP) is 3.13. The largest absolute Gasteiger partial charge is 0.481 e. The maximum absolute atomic E-state index is 11.6. The summed E-state index contributed by atoms with van der Waals surface area (Å²) < 4.78 is 5.12. The summed E-state index contributed by atoms with van der Waals surface area (Å²) in [5.74, 6) is 1.74. The molecule has 1 amide bonds. The summed E-state index contributed by atoms with van der Waals surface area (Å²) in [7, 11) is 1.57. The number of hydrogen-bond acceptors (Lipinski definition) is 5. The molecule has 0 aliphatic carbocycles. The van der Waals surface area contributed by atoms with Crippen LogP contribution in [-0.2, 0) is 4.79 Å². The number of aromatic nitrogens is 2. The summed E-state index contributed by atoms with van der Waals surface area (Å²) in [5, 5.41) is 6.03. The van der Waals surface area contributed by atoms with Gasteiger partial charge in [0.25, 0.3) is 0 Å². The van der Waals surface area contributed by atoms with E-state index in [1.54, 1.807) is 20.1 Å². The van der Waals surface area contributed by atoms with Crippen LogP contribution >= 0.6 is 0 Å². The standard InChI is InChI=1S/C16H20N4O2/c1-10(2)16(21)20-13-7-5-12(6-8-13)19-14-9-15(22-4)18-11(3)17-14/h5-10H,1-4H3,(H,20,21)(H,17,18,19). The molecule has 6 nitrogen and oxygen atoms in total. The number of hydrogen-bond donors (Lipinski definition) is 2. The molecule has 22 heavy (non-hydrogen) atoms. The van der Waals surface area contributed by atoms with Gasteiger partial charge in [-0.2, -0.15) is 4.98 Å². The van der Waals surface area contributed by atoms with Gasteiger partial charge in [0.15, 0.2) is 0 Å². The first-order chi connectivity index (χ1) is 10.5. The molecular formula is C16H20N4O2. The van der Waals surface area contributed by atoms with Crippen molar-refractivity contribution in [3.05, 3.63) is 36.2 Å². The molecule has 6 heteroatoms. The Hall–Kier alpha value is -2.63. The van der Waals surface area contributed by atoms with E-state index in [4.69, 9.17) is 4.74 Å². The van der Waals surface area contributed by atoms with Gasteiger partial charge in [-0.1, -0.05) is 13.8 Å². The third kappa shape index (κ3) is 4.18. The summed E-state index contributed by atoms with van der Waals surface area (Å²) in [4.78, 5) is 20.1. The van der Waals surface area contributed by atoms with Crippen LogP contribution in [0.3, 0.4) is 0 Å². The molecule has 1 aromatic carbocycles. The quantitative estimate of drug-likeness (QED) is 0.887. The van der Waals surface area contributed by atoms with E-state index in [1.165, 1.54) is 0 Å². The number of ether oxygens (including phenoxy) is 1. The number of anilines is 3. The first-order valence-corrected chi connectivity index (χ1v) is 7.05. The van der Waals surface area contributed by atoms with Crippen LogP contribution in [0, 0.1) is 12.8 Å². The van der Waals surface area contributed by atoms with Crippen molar-refractivity contribution in [2.75, 3.05) is 17.7 Å². The van der Waals surface area contributed by atoms with Crippen LogP contribution in [0.25, 0.3) is 0 Å². The molecule has 0 aliphatic heterocycles. The highest BCUT2D eigenvalue weighted by Gasteiger charge is 2.07. The van der Waals surface area contributed by atoms with Crippen LogP contribution in [0.5, 0.6) is 5.88 Å². The topological polar surface area (TPSA) is 76.1 Å². The van der Waals surface area contributed by atoms with Crippen molar-refractivity contribution < 1.29 is 9.53 Å². The second kappa shape index (κ2) is 6.89. The lowest BCUT2D eigenvalue weighted by molar-refractivity contribution is -0.118. The minimum Gasteiger partial charge on any atom is -0.481 e. The zero-order chi connectivity index (χ0) is 16.1. The zero-order valence-corrected chi connectivity index (χ0v) is 13.2. The number of rotatable bonds is 5. The van der Waals surface area contributed by atoms with Gasteiger partial charge >= 0.3 is 0 Å². The molecule has 0 bridgehead atoms. The number of aryl methyl sites for hydroxylation is 1. The third-order valence-electron chi connectivity index (χ3n) is 2.97. The van der Waals surface area contributed by atoms with Crippen LogP contribution in [-0.4, -0.2) is 23.0 Å². The summed E-state index contributed by atoms with van der Waals surface area (Å²) in [6.07, 6.45) is 0. The summed E-state index contributed by atoms with van der Waals surface area (Å²) >= 11 is 0. The van der Waals surface area contributed by atoms with Gasteiger partial charge in [-0.15, -0.1) is 0 Å². The normalized spacial score (nSPS) is 10.4. The Bertz CT molecular complexity index is 654. The lowest BCUT2D eigenvalue weighted by Gasteiger charge is -2.10. The molecule has 2 aromatic rings. The second-order valence-corrected chi connectivity index (χ2v) is 5.19. The van der Waals surface area contributed by atoms with E-state index in [1.807, 2.05) is 38.1 Å².